The van der Waals surface area contributed by atoms with Gasteiger partial charge in [-0.1, -0.05) is 30.3 Å². The van der Waals surface area contributed by atoms with Crippen molar-refractivity contribution in [2.75, 3.05) is 7.05 Å². The molecule has 25 heavy (non-hydrogen) atoms. The minimum absolute atomic E-state index is 0.0274. The molecule has 0 fully saturated rings. The summed E-state index contributed by atoms with van der Waals surface area (Å²) in [6.45, 7) is 1.95. The molecule has 0 aliphatic carbocycles. The van der Waals surface area contributed by atoms with E-state index in [9.17, 15) is 4.79 Å². The predicted octanol–water partition coefficient (Wildman–Crippen LogP) is 3.36. The van der Waals surface area contributed by atoms with E-state index in [1.807, 2.05) is 43.3 Å². The number of nitrogens with two attached hydrogens (primary N) is 1. The number of carbonyl (C=O) groups excluding carboxylic acids is 1. The highest BCUT2D eigenvalue weighted by Gasteiger charge is 2.36. The Morgan fingerprint density at radius 3 is 2.76 bits per heavy atom. The summed E-state index contributed by atoms with van der Waals surface area (Å²) >= 11 is 1.66. The van der Waals surface area contributed by atoms with E-state index < -0.39 is 5.54 Å². The molecule has 4 rings (SSSR count). The highest BCUT2D eigenvalue weighted by molar-refractivity contribution is 7.21. The van der Waals surface area contributed by atoms with Crippen molar-refractivity contribution in [1.82, 2.24) is 9.88 Å². The molecule has 0 saturated heterocycles. The molecular weight excluding hydrogens is 332 g/mol. The Kier molecular flexibility index (Phi) is 3.58. The third kappa shape index (κ3) is 2.68. The highest BCUT2D eigenvalue weighted by atomic mass is 32.1. The van der Waals surface area contributed by atoms with E-state index in [0.29, 0.717) is 6.42 Å². The van der Waals surface area contributed by atoms with Crippen LogP contribution < -0.4 is 5.73 Å². The van der Waals surface area contributed by atoms with E-state index in [-0.39, 0.29) is 11.9 Å². The van der Waals surface area contributed by atoms with Gasteiger partial charge in [0.1, 0.15) is 5.01 Å². The first-order chi connectivity index (χ1) is 12.0. The minimum Gasteiger partial charge on any atom is -0.369 e. The van der Waals surface area contributed by atoms with Crippen LogP contribution in [0, 0.1) is 0 Å². The van der Waals surface area contributed by atoms with Crippen molar-refractivity contribution in [2.45, 2.75) is 18.9 Å². The number of carbonyl (C=O) groups is 1. The monoisotopic (exact) mass is 350 g/mol. The number of nitrogens with zero attached hydrogens (tertiary/aromatic N) is 3. The van der Waals surface area contributed by atoms with Crippen LogP contribution in [-0.2, 0) is 10.3 Å². The zero-order valence-electron chi connectivity index (χ0n) is 14.1. The lowest BCUT2D eigenvalue weighted by Crippen LogP contribution is -2.47. The van der Waals surface area contributed by atoms with Gasteiger partial charge in [-0.05, 0) is 30.7 Å². The van der Waals surface area contributed by atoms with Crippen LogP contribution in [0.1, 0.15) is 18.9 Å². The minimum atomic E-state index is -0.652. The Morgan fingerprint density at radius 2 is 2.00 bits per heavy atom. The number of aliphatic imine (C=N–C) groups is 1. The van der Waals surface area contributed by atoms with Gasteiger partial charge in [0.05, 0.1) is 22.2 Å². The fourth-order valence-electron chi connectivity index (χ4n) is 3.06. The molecule has 1 aliphatic heterocycles. The van der Waals surface area contributed by atoms with Gasteiger partial charge in [0.2, 0.25) is 5.91 Å². The van der Waals surface area contributed by atoms with Crippen LogP contribution in [0.15, 0.2) is 53.5 Å². The summed E-state index contributed by atoms with van der Waals surface area (Å²) in [5.74, 6) is 0.226. The van der Waals surface area contributed by atoms with Crippen molar-refractivity contribution >= 4 is 33.4 Å². The first-order valence-corrected chi connectivity index (χ1v) is 8.86. The molecule has 0 saturated carbocycles. The van der Waals surface area contributed by atoms with Crippen LogP contribution >= 0.6 is 11.3 Å². The van der Waals surface area contributed by atoms with Crippen molar-refractivity contribution < 1.29 is 4.79 Å². The third-order valence-corrected chi connectivity index (χ3v) is 5.69. The third-order valence-electron chi connectivity index (χ3n) is 4.60. The summed E-state index contributed by atoms with van der Waals surface area (Å²) in [4.78, 5) is 22.9. The summed E-state index contributed by atoms with van der Waals surface area (Å²) in [7, 11) is 1.65. The van der Waals surface area contributed by atoms with Crippen LogP contribution in [0.5, 0.6) is 0 Å². The lowest BCUT2D eigenvalue weighted by atomic mass is 9.87. The van der Waals surface area contributed by atoms with Crippen molar-refractivity contribution in [3.63, 3.8) is 0 Å². The maximum atomic E-state index is 12.2. The number of rotatable bonds is 2. The summed E-state index contributed by atoms with van der Waals surface area (Å²) in [5, 5.41) is 0.961. The van der Waals surface area contributed by atoms with Gasteiger partial charge in [-0.25, -0.2) is 9.98 Å². The van der Waals surface area contributed by atoms with Crippen LogP contribution in [0.25, 0.3) is 20.8 Å². The number of amides is 1. The first kappa shape index (κ1) is 15.8. The Hall–Kier alpha value is -2.73. The average molecular weight is 350 g/mol. The molecule has 1 atom stereocenters. The Bertz CT molecular complexity index is 976. The molecule has 2 N–H and O–H groups in total. The van der Waals surface area contributed by atoms with Gasteiger partial charge in [-0.3, -0.25) is 9.69 Å². The van der Waals surface area contributed by atoms with Gasteiger partial charge in [0.25, 0.3) is 0 Å². The normalized spacial score (nSPS) is 20.8. The second-order valence-electron chi connectivity index (χ2n) is 6.44. The molecule has 1 aromatic heterocycles. The van der Waals surface area contributed by atoms with Gasteiger partial charge in [0.15, 0.2) is 5.96 Å². The summed E-state index contributed by atoms with van der Waals surface area (Å²) in [6, 6.07) is 16.2. The molecule has 6 heteroatoms. The zero-order valence-corrected chi connectivity index (χ0v) is 14.9. The quantitative estimate of drug-likeness (QED) is 0.770. The number of thiazole rings is 1. The van der Waals surface area contributed by atoms with Crippen LogP contribution in [0.3, 0.4) is 0 Å². The van der Waals surface area contributed by atoms with Crippen LogP contribution in [0.4, 0.5) is 0 Å². The van der Waals surface area contributed by atoms with Crippen molar-refractivity contribution in [1.29, 1.82) is 0 Å². The van der Waals surface area contributed by atoms with Gasteiger partial charge in [0, 0.05) is 12.6 Å². The van der Waals surface area contributed by atoms with E-state index in [1.165, 1.54) is 4.90 Å². The lowest BCUT2D eigenvalue weighted by molar-refractivity contribution is -0.128. The Labute approximate surface area is 149 Å². The first-order valence-electron chi connectivity index (χ1n) is 8.05. The molecular formula is C19H18N4OS. The topological polar surface area (TPSA) is 71.6 Å². The fraction of sp³-hybridized carbons (Fsp3) is 0.211. The fourth-order valence-corrected chi connectivity index (χ4v) is 4.02. The molecule has 1 amide bonds. The van der Waals surface area contributed by atoms with E-state index >= 15 is 0 Å². The number of para-hydroxylation sites is 1. The second-order valence-corrected chi connectivity index (χ2v) is 7.47. The number of hydrogen-bond acceptors (Lipinski definition) is 5. The Morgan fingerprint density at radius 1 is 1.20 bits per heavy atom. The molecule has 3 aromatic rings. The number of guanidine groups is 1. The van der Waals surface area contributed by atoms with Crippen LogP contribution in [-0.4, -0.2) is 28.8 Å². The standard InChI is InChI=1S/C19H18N4OS/c1-19(11-16(24)23(2)18(20)22-19)13-7-5-6-12(10-13)17-21-14-8-3-4-9-15(14)25-17/h3-10H,11H2,1-2H3,(H2,20,22)/t19-/m0/s1. The van der Waals surface area contributed by atoms with Gasteiger partial charge in [-0.2, -0.15) is 0 Å². The van der Waals surface area contributed by atoms with Gasteiger partial charge in [-0.15, -0.1) is 11.3 Å². The van der Waals surface area contributed by atoms with E-state index in [4.69, 9.17) is 10.7 Å². The largest absolute Gasteiger partial charge is 0.369 e. The predicted molar refractivity (Wildman–Crippen MR) is 101 cm³/mol. The summed E-state index contributed by atoms with van der Waals surface area (Å²) < 4.78 is 1.16. The zero-order chi connectivity index (χ0) is 17.6. The van der Waals surface area contributed by atoms with Gasteiger partial charge < -0.3 is 5.73 Å². The molecule has 126 valence electrons. The number of fused-ring (bicyclic) bond motifs is 1. The highest BCUT2D eigenvalue weighted by Crippen LogP contribution is 2.36. The summed E-state index contributed by atoms with van der Waals surface area (Å²) in [6.07, 6.45) is 0.299. The van der Waals surface area contributed by atoms with E-state index in [2.05, 4.69) is 17.1 Å². The second kappa shape index (κ2) is 5.67. The van der Waals surface area contributed by atoms with Crippen molar-refractivity contribution in [2.24, 2.45) is 10.7 Å². The maximum Gasteiger partial charge on any atom is 0.231 e. The molecule has 0 spiro atoms. The molecule has 1 aliphatic rings. The molecule has 2 heterocycles. The molecule has 0 bridgehead atoms. The summed E-state index contributed by atoms with van der Waals surface area (Å²) in [5.41, 5.74) is 8.26. The SMILES string of the molecule is CN1C(=O)C[C@@](C)(c2cccc(-c3nc4ccccc4s3)c2)N=C1N. The number of hydrogen-bond donors (Lipinski definition) is 1. The smallest absolute Gasteiger partial charge is 0.231 e. The van der Waals surface area contributed by atoms with E-state index in [1.54, 1.807) is 18.4 Å². The van der Waals surface area contributed by atoms with Crippen molar-refractivity contribution in [3.8, 4) is 10.6 Å². The molecule has 0 unspecified atom stereocenters. The van der Waals surface area contributed by atoms with Crippen LogP contribution in [0.2, 0.25) is 0 Å². The molecule has 5 nitrogen and oxygen atoms in total. The lowest BCUT2D eigenvalue weighted by Gasteiger charge is -2.33. The average Bonchev–Trinajstić information content (AvgIpc) is 3.04. The molecule has 0 radical (unpaired) electrons. The van der Waals surface area contributed by atoms with Gasteiger partial charge >= 0.3 is 0 Å². The number of aromatic nitrogens is 1. The molecule has 2 aromatic carbocycles. The Balaban J connectivity index is 1.78. The van der Waals surface area contributed by atoms with E-state index in [0.717, 1.165) is 26.4 Å². The number of benzene rings is 2. The van der Waals surface area contributed by atoms with Crippen molar-refractivity contribution in [3.05, 3.63) is 54.1 Å². The maximum absolute atomic E-state index is 12.2.